The first kappa shape index (κ1) is 18.6. The van der Waals surface area contributed by atoms with Crippen molar-refractivity contribution in [1.29, 1.82) is 0 Å². The molecule has 7 nitrogen and oxygen atoms in total. The summed E-state index contributed by atoms with van der Waals surface area (Å²) in [5.41, 5.74) is 3.06. The van der Waals surface area contributed by atoms with Crippen molar-refractivity contribution < 1.29 is 4.79 Å². The number of hydrogen-bond donors (Lipinski definition) is 1. The van der Waals surface area contributed by atoms with Gasteiger partial charge in [0.15, 0.2) is 0 Å². The highest BCUT2D eigenvalue weighted by molar-refractivity contribution is 5.76. The predicted molar refractivity (Wildman–Crippen MR) is 109 cm³/mol. The minimum atomic E-state index is -0.169. The quantitative estimate of drug-likeness (QED) is 0.505. The van der Waals surface area contributed by atoms with Crippen molar-refractivity contribution in [3.8, 4) is 5.69 Å². The number of amides is 1. The summed E-state index contributed by atoms with van der Waals surface area (Å²) in [6.07, 6.45) is 7.94. The highest BCUT2D eigenvalue weighted by Crippen LogP contribution is 2.15. The van der Waals surface area contributed by atoms with E-state index in [1.165, 1.54) is 6.33 Å². The Morgan fingerprint density at radius 2 is 1.76 bits per heavy atom. The van der Waals surface area contributed by atoms with Crippen LogP contribution in [0, 0.1) is 0 Å². The predicted octanol–water partition coefficient (Wildman–Crippen LogP) is 2.95. The van der Waals surface area contributed by atoms with Gasteiger partial charge in [0, 0.05) is 12.6 Å². The van der Waals surface area contributed by atoms with Crippen molar-refractivity contribution in [2.24, 2.45) is 0 Å². The maximum atomic E-state index is 12.6. The first-order chi connectivity index (χ1) is 14.3. The van der Waals surface area contributed by atoms with Crippen LogP contribution in [0.15, 0.2) is 85.7 Å². The maximum Gasteiger partial charge on any atom is 0.220 e. The van der Waals surface area contributed by atoms with Gasteiger partial charge in [0.1, 0.15) is 12.7 Å². The zero-order chi connectivity index (χ0) is 19.9. The number of hydrogen-bond acceptors (Lipinski definition) is 4. The fourth-order valence-corrected chi connectivity index (χ4v) is 3.17. The van der Waals surface area contributed by atoms with Gasteiger partial charge in [0.25, 0.3) is 0 Å². The standard InChI is InChI=1S/C22H22N6O/c29-22(12-11-18-13-24-28(14-18)20-9-5-2-6-10-20)26-21(15-27-17-23-16-25-27)19-7-3-1-4-8-19/h1-10,13-14,16-17,21H,11-12,15H2,(H,26,29). The van der Waals surface area contributed by atoms with E-state index >= 15 is 0 Å². The Balaban J connectivity index is 1.37. The summed E-state index contributed by atoms with van der Waals surface area (Å²) in [5.74, 6) is -0.00794. The van der Waals surface area contributed by atoms with Crippen molar-refractivity contribution in [3.63, 3.8) is 0 Å². The number of nitrogens with zero attached hydrogens (tertiary/aromatic N) is 5. The van der Waals surface area contributed by atoms with Crippen LogP contribution in [-0.4, -0.2) is 30.5 Å². The molecular weight excluding hydrogens is 364 g/mol. The van der Waals surface area contributed by atoms with Crippen LogP contribution >= 0.6 is 0 Å². The number of aromatic nitrogens is 5. The number of benzene rings is 2. The Kier molecular flexibility index (Phi) is 5.76. The number of carbonyl (C=O) groups excluding carboxylic acids is 1. The first-order valence-corrected chi connectivity index (χ1v) is 9.53. The molecule has 4 aromatic rings. The molecule has 1 amide bonds. The molecule has 0 bridgehead atoms. The van der Waals surface area contributed by atoms with Gasteiger partial charge in [-0.2, -0.15) is 10.2 Å². The molecule has 0 spiro atoms. The lowest BCUT2D eigenvalue weighted by Crippen LogP contribution is -2.31. The fraction of sp³-hybridized carbons (Fsp3) is 0.182. The molecule has 0 aliphatic carbocycles. The lowest BCUT2D eigenvalue weighted by Gasteiger charge is -2.19. The van der Waals surface area contributed by atoms with Gasteiger partial charge in [-0.05, 0) is 29.7 Å². The second kappa shape index (κ2) is 8.97. The third kappa shape index (κ3) is 4.95. The summed E-state index contributed by atoms with van der Waals surface area (Å²) in [5, 5.41) is 11.7. The molecule has 29 heavy (non-hydrogen) atoms. The van der Waals surface area contributed by atoms with Crippen LogP contribution in [0.4, 0.5) is 0 Å². The Morgan fingerprint density at radius 1 is 1.00 bits per heavy atom. The fourth-order valence-electron chi connectivity index (χ4n) is 3.17. The highest BCUT2D eigenvalue weighted by Gasteiger charge is 2.16. The molecule has 1 N–H and O–H groups in total. The summed E-state index contributed by atoms with van der Waals surface area (Å²) in [4.78, 5) is 16.6. The average molecular weight is 386 g/mol. The molecule has 1 unspecified atom stereocenters. The van der Waals surface area contributed by atoms with Gasteiger partial charge < -0.3 is 5.32 Å². The summed E-state index contributed by atoms with van der Waals surface area (Å²) < 4.78 is 3.55. The van der Waals surface area contributed by atoms with E-state index in [-0.39, 0.29) is 11.9 Å². The van der Waals surface area contributed by atoms with E-state index < -0.39 is 0 Å². The molecule has 2 aromatic carbocycles. The van der Waals surface area contributed by atoms with E-state index in [0.717, 1.165) is 16.8 Å². The molecule has 0 saturated heterocycles. The number of carbonyl (C=O) groups is 1. The molecule has 0 aliphatic heterocycles. The summed E-state index contributed by atoms with van der Waals surface area (Å²) >= 11 is 0. The minimum absolute atomic E-state index is 0.00794. The number of nitrogens with one attached hydrogen (secondary N) is 1. The van der Waals surface area contributed by atoms with Crippen molar-refractivity contribution in [2.45, 2.75) is 25.4 Å². The Labute approximate surface area is 169 Å². The summed E-state index contributed by atoms with van der Waals surface area (Å²) in [7, 11) is 0. The lowest BCUT2D eigenvalue weighted by molar-refractivity contribution is -0.121. The van der Waals surface area contributed by atoms with E-state index in [4.69, 9.17) is 0 Å². The van der Waals surface area contributed by atoms with E-state index in [2.05, 4.69) is 20.5 Å². The smallest absolute Gasteiger partial charge is 0.220 e. The molecule has 2 heterocycles. The van der Waals surface area contributed by atoms with E-state index in [1.807, 2.05) is 77.7 Å². The van der Waals surface area contributed by atoms with Gasteiger partial charge in [-0.15, -0.1) is 0 Å². The van der Waals surface area contributed by atoms with Crippen LogP contribution in [0.5, 0.6) is 0 Å². The molecule has 0 radical (unpaired) electrons. The van der Waals surface area contributed by atoms with Crippen molar-refractivity contribution in [3.05, 3.63) is 96.8 Å². The van der Waals surface area contributed by atoms with Gasteiger partial charge in [-0.25, -0.2) is 9.67 Å². The van der Waals surface area contributed by atoms with Crippen molar-refractivity contribution in [1.82, 2.24) is 29.9 Å². The molecular formula is C22H22N6O. The topological polar surface area (TPSA) is 77.6 Å². The molecule has 2 aromatic heterocycles. The monoisotopic (exact) mass is 386 g/mol. The average Bonchev–Trinajstić information content (AvgIpc) is 3.45. The van der Waals surface area contributed by atoms with Gasteiger partial charge in [0.2, 0.25) is 5.91 Å². The Hall–Kier alpha value is -3.74. The Morgan fingerprint density at radius 3 is 2.48 bits per heavy atom. The van der Waals surface area contributed by atoms with Crippen LogP contribution in [-0.2, 0) is 17.8 Å². The van der Waals surface area contributed by atoms with Gasteiger partial charge in [-0.3, -0.25) is 9.48 Å². The lowest BCUT2D eigenvalue weighted by atomic mass is 10.1. The van der Waals surface area contributed by atoms with Crippen molar-refractivity contribution >= 4 is 5.91 Å². The van der Waals surface area contributed by atoms with Crippen LogP contribution in [0.25, 0.3) is 5.69 Å². The van der Waals surface area contributed by atoms with E-state index in [0.29, 0.717) is 19.4 Å². The van der Waals surface area contributed by atoms with Gasteiger partial charge in [-0.1, -0.05) is 48.5 Å². The first-order valence-electron chi connectivity index (χ1n) is 9.53. The molecule has 146 valence electrons. The third-order valence-electron chi connectivity index (χ3n) is 4.67. The molecule has 4 rings (SSSR count). The SMILES string of the molecule is O=C(CCc1cnn(-c2ccccc2)c1)NC(Cn1cncn1)c1ccccc1. The second-order valence-electron chi connectivity index (χ2n) is 6.78. The summed E-state index contributed by atoms with van der Waals surface area (Å²) in [6.45, 7) is 0.529. The van der Waals surface area contributed by atoms with E-state index in [1.54, 1.807) is 11.0 Å². The van der Waals surface area contributed by atoms with Gasteiger partial charge in [0.05, 0.1) is 24.5 Å². The van der Waals surface area contributed by atoms with Crippen LogP contribution in [0.1, 0.15) is 23.6 Å². The minimum Gasteiger partial charge on any atom is -0.347 e. The highest BCUT2D eigenvalue weighted by atomic mass is 16.1. The maximum absolute atomic E-state index is 12.6. The third-order valence-corrected chi connectivity index (χ3v) is 4.67. The zero-order valence-corrected chi connectivity index (χ0v) is 15.9. The number of para-hydroxylation sites is 1. The van der Waals surface area contributed by atoms with Gasteiger partial charge >= 0.3 is 0 Å². The Bertz CT molecular complexity index is 1030. The number of rotatable bonds is 8. The normalized spacial score (nSPS) is 11.9. The second-order valence-corrected chi connectivity index (χ2v) is 6.78. The molecule has 7 heteroatoms. The number of aryl methyl sites for hydroxylation is 1. The largest absolute Gasteiger partial charge is 0.347 e. The molecule has 0 saturated carbocycles. The summed E-state index contributed by atoms with van der Waals surface area (Å²) in [6, 6.07) is 19.7. The molecule has 1 atom stereocenters. The van der Waals surface area contributed by atoms with Crippen LogP contribution < -0.4 is 5.32 Å². The van der Waals surface area contributed by atoms with E-state index in [9.17, 15) is 4.79 Å². The zero-order valence-electron chi connectivity index (χ0n) is 15.9. The molecule has 0 aliphatic rings. The molecule has 0 fully saturated rings. The van der Waals surface area contributed by atoms with Crippen LogP contribution in [0.2, 0.25) is 0 Å². The van der Waals surface area contributed by atoms with Crippen LogP contribution in [0.3, 0.4) is 0 Å². The van der Waals surface area contributed by atoms with Crippen molar-refractivity contribution in [2.75, 3.05) is 0 Å².